The molecule has 4 nitrogen and oxygen atoms in total. The number of rotatable bonds is 6. The van der Waals surface area contributed by atoms with Gasteiger partial charge in [0, 0.05) is 12.0 Å². The molecule has 14 heavy (non-hydrogen) atoms. The van der Waals surface area contributed by atoms with E-state index in [1.807, 2.05) is 20.8 Å². The van der Waals surface area contributed by atoms with Crippen molar-refractivity contribution in [1.82, 2.24) is 5.32 Å². The molecule has 1 amide bonds. The van der Waals surface area contributed by atoms with E-state index < -0.39 is 5.97 Å². The largest absolute Gasteiger partial charge is 0.481 e. The maximum absolute atomic E-state index is 11.3. The van der Waals surface area contributed by atoms with Crippen LogP contribution in [-0.2, 0) is 9.59 Å². The van der Waals surface area contributed by atoms with Crippen molar-refractivity contribution < 1.29 is 14.7 Å². The van der Waals surface area contributed by atoms with Gasteiger partial charge in [-0.3, -0.25) is 9.59 Å². The van der Waals surface area contributed by atoms with Crippen LogP contribution in [0.3, 0.4) is 0 Å². The summed E-state index contributed by atoms with van der Waals surface area (Å²) in [6.07, 6.45) is 1.84. The predicted octanol–water partition coefficient (Wildman–Crippen LogP) is 1.55. The van der Waals surface area contributed by atoms with Gasteiger partial charge in [0.15, 0.2) is 0 Å². The molecule has 0 aromatic heterocycles. The van der Waals surface area contributed by atoms with Gasteiger partial charge in [-0.25, -0.2) is 0 Å². The normalized spacial score (nSPS) is 11.1. The lowest BCUT2D eigenvalue weighted by atomic mass is 9.99. The molecule has 0 aliphatic carbocycles. The summed E-state index contributed by atoms with van der Waals surface area (Å²) < 4.78 is 0. The number of aliphatic carboxylic acids is 1. The van der Waals surface area contributed by atoms with Gasteiger partial charge in [-0.1, -0.05) is 13.3 Å². The third kappa shape index (κ3) is 6.46. The summed E-state index contributed by atoms with van der Waals surface area (Å²) >= 11 is 0. The molecule has 0 radical (unpaired) electrons. The lowest BCUT2D eigenvalue weighted by molar-refractivity contribution is -0.139. The first-order chi connectivity index (χ1) is 6.37. The highest BCUT2D eigenvalue weighted by molar-refractivity contribution is 5.81. The molecule has 2 N–H and O–H groups in total. The van der Waals surface area contributed by atoms with E-state index in [0.717, 1.165) is 12.8 Å². The second-order valence-electron chi connectivity index (χ2n) is 4.08. The minimum Gasteiger partial charge on any atom is -0.481 e. The summed E-state index contributed by atoms with van der Waals surface area (Å²) in [5.74, 6) is -1.13. The van der Waals surface area contributed by atoms with Crippen LogP contribution in [0.2, 0.25) is 0 Å². The van der Waals surface area contributed by atoms with Gasteiger partial charge in [0.1, 0.15) is 0 Å². The topological polar surface area (TPSA) is 66.4 Å². The second kappa shape index (κ2) is 5.62. The van der Waals surface area contributed by atoms with Crippen molar-refractivity contribution in [3.8, 4) is 0 Å². The van der Waals surface area contributed by atoms with E-state index >= 15 is 0 Å². The molecule has 0 unspecified atom stereocenters. The maximum atomic E-state index is 11.3. The minimum atomic E-state index is -0.937. The maximum Gasteiger partial charge on any atom is 0.303 e. The van der Waals surface area contributed by atoms with Crippen LogP contribution in [0.5, 0.6) is 0 Å². The minimum absolute atomic E-state index is 0.0580. The Bertz CT molecular complexity index is 211. The van der Waals surface area contributed by atoms with Crippen molar-refractivity contribution in [3.05, 3.63) is 0 Å². The summed E-state index contributed by atoms with van der Waals surface area (Å²) in [5.41, 5.74) is -0.232. The Morgan fingerprint density at radius 2 is 1.86 bits per heavy atom. The van der Waals surface area contributed by atoms with Crippen molar-refractivity contribution in [3.63, 3.8) is 0 Å². The number of carbonyl (C=O) groups is 2. The highest BCUT2D eigenvalue weighted by Crippen LogP contribution is 2.10. The molecule has 0 fully saturated rings. The molecular weight excluding hydrogens is 182 g/mol. The standard InChI is InChI=1S/C10H19NO3/c1-4-7-10(2,3)11-8(12)5-6-9(13)14/h4-7H2,1-3H3,(H,11,12)(H,13,14). The van der Waals surface area contributed by atoms with Crippen LogP contribution >= 0.6 is 0 Å². The zero-order valence-electron chi connectivity index (χ0n) is 9.09. The Morgan fingerprint density at radius 1 is 1.29 bits per heavy atom. The van der Waals surface area contributed by atoms with Gasteiger partial charge < -0.3 is 10.4 Å². The van der Waals surface area contributed by atoms with Crippen LogP contribution in [0.15, 0.2) is 0 Å². The molecule has 0 atom stereocenters. The molecule has 0 saturated carbocycles. The molecule has 0 saturated heterocycles. The highest BCUT2D eigenvalue weighted by Gasteiger charge is 2.19. The van der Waals surface area contributed by atoms with Gasteiger partial charge in [-0.15, -0.1) is 0 Å². The van der Waals surface area contributed by atoms with E-state index in [4.69, 9.17) is 5.11 Å². The third-order valence-electron chi connectivity index (χ3n) is 1.92. The molecule has 0 aliphatic rings. The molecule has 0 aromatic carbocycles. The van der Waals surface area contributed by atoms with Gasteiger partial charge in [0.25, 0.3) is 0 Å². The molecule has 0 aliphatic heterocycles. The fraction of sp³-hybridized carbons (Fsp3) is 0.800. The average Bonchev–Trinajstić information content (AvgIpc) is 1.99. The van der Waals surface area contributed by atoms with Gasteiger partial charge in [-0.05, 0) is 20.3 Å². The third-order valence-corrected chi connectivity index (χ3v) is 1.92. The molecule has 0 spiro atoms. The average molecular weight is 201 g/mol. The van der Waals surface area contributed by atoms with Crippen LogP contribution in [0.1, 0.15) is 46.5 Å². The Hall–Kier alpha value is -1.06. The van der Waals surface area contributed by atoms with Crippen LogP contribution in [-0.4, -0.2) is 22.5 Å². The zero-order chi connectivity index (χ0) is 11.2. The number of hydrogen-bond donors (Lipinski definition) is 2. The van der Waals surface area contributed by atoms with Gasteiger partial charge >= 0.3 is 5.97 Å². The molecule has 82 valence electrons. The van der Waals surface area contributed by atoms with Crippen LogP contribution in [0.25, 0.3) is 0 Å². The Balaban J connectivity index is 3.86. The Kier molecular flexibility index (Phi) is 5.20. The fourth-order valence-corrected chi connectivity index (χ4v) is 1.35. The lowest BCUT2D eigenvalue weighted by Crippen LogP contribution is -2.43. The number of carbonyl (C=O) groups excluding carboxylic acids is 1. The van der Waals surface area contributed by atoms with Crippen LogP contribution < -0.4 is 5.32 Å². The van der Waals surface area contributed by atoms with Crippen molar-refractivity contribution >= 4 is 11.9 Å². The van der Waals surface area contributed by atoms with Crippen molar-refractivity contribution in [2.45, 2.75) is 52.0 Å². The quantitative estimate of drug-likeness (QED) is 0.685. The number of carboxylic acids is 1. The second-order valence-corrected chi connectivity index (χ2v) is 4.08. The summed E-state index contributed by atoms with van der Waals surface area (Å²) in [4.78, 5) is 21.5. The predicted molar refractivity (Wildman–Crippen MR) is 54.0 cm³/mol. The first-order valence-electron chi connectivity index (χ1n) is 4.90. The molecule has 0 rings (SSSR count). The van der Waals surface area contributed by atoms with Crippen molar-refractivity contribution in [2.24, 2.45) is 0 Å². The van der Waals surface area contributed by atoms with E-state index in [0.29, 0.717) is 0 Å². The van der Waals surface area contributed by atoms with E-state index in [9.17, 15) is 9.59 Å². The van der Waals surface area contributed by atoms with Crippen molar-refractivity contribution in [1.29, 1.82) is 0 Å². The van der Waals surface area contributed by atoms with E-state index in [-0.39, 0.29) is 24.3 Å². The first kappa shape index (κ1) is 12.9. The van der Waals surface area contributed by atoms with E-state index in [2.05, 4.69) is 5.32 Å². The monoisotopic (exact) mass is 201 g/mol. The Morgan fingerprint density at radius 3 is 2.29 bits per heavy atom. The summed E-state index contributed by atoms with van der Waals surface area (Å²) in [7, 11) is 0. The summed E-state index contributed by atoms with van der Waals surface area (Å²) in [5, 5.41) is 11.2. The van der Waals surface area contributed by atoms with E-state index in [1.54, 1.807) is 0 Å². The molecule has 0 bridgehead atoms. The van der Waals surface area contributed by atoms with Gasteiger partial charge in [-0.2, -0.15) is 0 Å². The molecule has 0 aromatic rings. The van der Waals surface area contributed by atoms with Gasteiger partial charge in [0.05, 0.1) is 6.42 Å². The molecule has 4 heteroatoms. The van der Waals surface area contributed by atoms with Crippen LogP contribution in [0, 0.1) is 0 Å². The SMILES string of the molecule is CCCC(C)(C)NC(=O)CCC(=O)O. The van der Waals surface area contributed by atoms with E-state index in [1.165, 1.54) is 0 Å². The fourth-order valence-electron chi connectivity index (χ4n) is 1.35. The zero-order valence-corrected chi connectivity index (χ0v) is 9.09. The lowest BCUT2D eigenvalue weighted by Gasteiger charge is -2.25. The summed E-state index contributed by atoms with van der Waals surface area (Å²) in [6.45, 7) is 5.93. The molecular formula is C10H19NO3. The number of carboxylic acid groups (broad SMARTS) is 1. The highest BCUT2D eigenvalue weighted by atomic mass is 16.4. The Labute approximate surface area is 84.7 Å². The first-order valence-corrected chi connectivity index (χ1v) is 4.90. The number of amides is 1. The van der Waals surface area contributed by atoms with Crippen molar-refractivity contribution in [2.75, 3.05) is 0 Å². The number of hydrogen-bond acceptors (Lipinski definition) is 2. The summed E-state index contributed by atoms with van der Waals surface area (Å²) in [6, 6.07) is 0. The molecule has 0 heterocycles. The smallest absolute Gasteiger partial charge is 0.303 e. The van der Waals surface area contributed by atoms with Gasteiger partial charge in [0.2, 0.25) is 5.91 Å². The van der Waals surface area contributed by atoms with Crippen LogP contribution in [0.4, 0.5) is 0 Å². The number of nitrogens with one attached hydrogen (secondary N) is 1.